The van der Waals surface area contributed by atoms with Gasteiger partial charge in [-0.3, -0.25) is 14.6 Å². The molecule has 0 radical (unpaired) electrons. The van der Waals surface area contributed by atoms with Crippen molar-refractivity contribution >= 4 is 5.91 Å². The fraction of sp³-hybridized carbons (Fsp3) is 0.708. The van der Waals surface area contributed by atoms with Crippen LogP contribution in [-0.4, -0.2) is 60.5 Å². The molecule has 1 N–H and O–H groups in total. The van der Waals surface area contributed by atoms with Gasteiger partial charge in [-0.25, -0.2) is 0 Å². The number of nitrogens with one attached hydrogen (secondary N) is 1. The molecular weight excluding hydrogens is 346 g/mol. The van der Waals surface area contributed by atoms with Crippen molar-refractivity contribution in [2.75, 3.05) is 32.7 Å². The van der Waals surface area contributed by atoms with Crippen molar-refractivity contribution in [2.45, 2.75) is 63.5 Å². The Morgan fingerprint density at radius 2 is 1.61 bits per heavy atom. The molecular formula is C24H35N3O. The molecule has 1 aromatic rings. The van der Waals surface area contributed by atoms with Gasteiger partial charge >= 0.3 is 0 Å². The first-order valence-electron chi connectivity index (χ1n) is 11.6. The molecule has 0 spiro atoms. The number of hydrogen-bond donors (Lipinski definition) is 1. The fourth-order valence-corrected chi connectivity index (χ4v) is 5.67. The molecule has 4 heteroatoms. The Kier molecular flexibility index (Phi) is 5.43. The topological polar surface area (TPSA) is 35.6 Å². The second kappa shape index (κ2) is 8.16. The van der Waals surface area contributed by atoms with Crippen LogP contribution in [0.2, 0.25) is 0 Å². The number of amides is 1. The highest BCUT2D eigenvalue weighted by molar-refractivity contribution is 5.79. The van der Waals surface area contributed by atoms with Crippen molar-refractivity contribution < 1.29 is 4.79 Å². The number of likely N-dealkylation sites (tertiary alicyclic amines) is 2. The van der Waals surface area contributed by atoms with E-state index in [1.807, 2.05) is 0 Å². The number of piperidine rings is 2. The highest BCUT2D eigenvalue weighted by Crippen LogP contribution is 2.30. The number of fused-ring (bicyclic) bond motifs is 1. The minimum Gasteiger partial charge on any atom is -0.356 e. The van der Waals surface area contributed by atoms with E-state index in [0.29, 0.717) is 18.0 Å². The molecule has 4 aliphatic rings. The minimum atomic E-state index is 0.217. The van der Waals surface area contributed by atoms with Crippen LogP contribution in [0.25, 0.3) is 0 Å². The zero-order valence-corrected chi connectivity index (χ0v) is 17.1. The highest BCUT2D eigenvalue weighted by atomic mass is 16.1. The normalized spacial score (nSPS) is 27.6. The van der Waals surface area contributed by atoms with E-state index in [2.05, 4.69) is 39.4 Å². The van der Waals surface area contributed by atoms with Crippen LogP contribution in [0.5, 0.6) is 0 Å². The summed E-state index contributed by atoms with van der Waals surface area (Å²) < 4.78 is 0. The van der Waals surface area contributed by atoms with E-state index in [1.165, 1.54) is 64.6 Å². The van der Waals surface area contributed by atoms with Crippen LogP contribution in [0.3, 0.4) is 0 Å². The van der Waals surface area contributed by atoms with Gasteiger partial charge in [-0.1, -0.05) is 24.3 Å². The largest absolute Gasteiger partial charge is 0.356 e. The summed E-state index contributed by atoms with van der Waals surface area (Å²) in [5.74, 6) is 1.31. The predicted octanol–water partition coefficient (Wildman–Crippen LogP) is 2.86. The predicted molar refractivity (Wildman–Crippen MR) is 112 cm³/mol. The zero-order valence-electron chi connectivity index (χ0n) is 17.1. The summed E-state index contributed by atoms with van der Waals surface area (Å²) in [5.41, 5.74) is 3.12. The van der Waals surface area contributed by atoms with Gasteiger partial charge < -0.3 is 5.32 Å². The number of rotatable bonds is 5. The summed E-state index contributed by atoms with van der Waals surface area (Å²) in [5, 5.41) is 3.22. The molecule has 0 unspecified atom stereocenters. The lowest BCUT2D eigenvalue weighted by Crippen LogP contribution is -2.52. The fourth-order valence-electron chi connectivity index (χ4n) is 5.67. The van der Waals surface area contributed by atoms with Crippen molar-refractivity contribution in [1.82, 2.24) is 15.1 Å². The van der Waals surface area contributed by atoms with Crippen molar-refractivity contribution in [3.05, 3.63) is 35.4 Å². The van der Waals surface area contributed by atoms with Crippen molar-refractivity contribution in [3.8, 4) is 0 Å². The molecule has 5 rings (SSSR count). The van der Waals surface area contributed by atoms with Crippen LogP contribution in [0.4, 0.5) is 0 Å². The highest BCUT2D eigenvalue weighted by Gasteiger charge is 2.34. The molecule has 1 aromatic carbocycles. The second-order valence-electron chi connectivity index (χ2n) is 9.62. The maximum atomic E-state index is 12.5. The Bertz CT molecular complexity index is 668. The Morgan fingerprint density at radius 3 is 2.29 bits per heavy atom. The third-order valence-electron chi connectivity index (χ3n) is 7.65. The summed E-state index contributed by atoms with van der Waals surface area (Å²) in [6.07, 6.45) is 9.86. The molecule has 1 saturated carbocycles. The van der Waals surface area contributed by atoms with Gasteiger partial charge in [-0.2, -0.15) is 0 Å². The molecule has 2 aliphatic carbocycles. The van der Waals surface area contributed by atoms with Gasteiger partial charge in [0, 0.05) is 25.2 Å². The smallest absolute Gasteiger partial charge is 0.224 e. The molecule has 4 nitrogen and oxygen atoms in total. The summed E-state index contributed by atoms with van der Waals surface area (Å²) in [4.78, 5) is 17.9. The van der Waals surface area contributed by atoms with Gasteiger partial charge in [-0.15, -0.1) is 0 Å². The molecule has 0 bridgehead atoms. The van der Waals surface area contributed by atoms with Crippen molar-refractivity contribution in [2.24, 2.45) is 11.8 Å². The monoisotopic (exact) mass is 381 g/mol. The Hall–Kier alpha value is -1.39. The first kappa shape index (κ1) is 18.6. The molecule has 1 amide bonds. The zero-order chi connectivity index (χ0) is 18.9. The van der Waals surface area contributed by atoms with Crippen LogP contribution >= 0.6 is 0 Å². The van der Waals surface area contributed by atoms with Gasteiger partial charge in [0.25, 0.3) is 0 Å². The lowest BCUT2D eigenvalue weighted by Gasteiger charge is -2.43. The maximum Gasteiger partial charge on any atom is 0.224 e. The average Bonchev–Trinajstić information content (AvgIpc) is 3.48. The van der Waals surface area contributed by atoms with E-state index in [0.717, 1.165) is 25.4 Å². The number of carbonyl (C=O) groups is 1. The van der Waals surface area contributed by atoms with E-state index in [1.54, 1.807) is 11.1 Å². The van der Waals surface area contributed by atoms with Crippen LogP contribution in [0.1, 0.15) is 49.7 Å². The number of carbonyl (C=O) groups excluding carboxylic acids is 1. The van der Waals surface area contributed by atoms with E-state index in [9.17, 15) is 4.79 Å². The van der Waals surface area contributed by atoms with E-state index in [-0.39, 0.29) is 5.92 Å². The quantitative estimate of drug-likeness (QED) is 0.852. The third-order valence-corrected chi connectivity index (χ3v) is 7.65. The summed E-state index contributed by atoms with van der Waals surface area (Å²) in [6.45, 7) is 5.52. The van der Waals surface area contributed by atoms with Crippen LogP contribution in [0.15, 0.2) is 24.3 Å². The van der Waals surface area contributed by atoms with Crippen LogP contribution in [-0.2, 0) is 17.6 Å². The lowest BCUT2D eigenvalue weighted by molar-refractivity contribution is -0.127. The Balaban J connectivity index is 1.10. The summed E-state index contributed by atoms with van der Waals surface area (Å²) in [7, 11) is 0. The standard InChI is InChI=1S/C24H35N3O/c28-24(25-16-18-7-8-18)21-6-3-11-27(17-21)22-9-12-26(13-10-22)23-14-19-4-1-2-5-20(19)15-23/h1-2,4-5,18,21-23H,3,6-17H2,(H,25,28)/t21-/m1/s1. The first-order chi connectivity index (χ1) is 13.8. The summed E-state index contributed by atoms with van der Waals surface area (Å²) in [6, 6.07) is 10.4. The molecule has 2 aliphatic heterocycles. The molecule has 2 heterocycles. The Morgan fingerprint density at radius 1 is 0.893 bits per heavy atom. The molecule has 1 atom stereocenters. The first-order valence-corrected chi connectivity index (χ1v) is 11.6. The van der Waals surface area contributed by atoms with Gasteiger partial charge in [0.1, 0.15) is 0 Å². The maximum absolute atomic E-state index is 12.5. The molecule has 152 valence electrons. The van der Waals surface area contributed by atoms with E-state index < -0.39 is 0 Å². The van der Waals surface area contributed by atoms with Crippen LogP contribution < -0.4 is 5.32 Å². The SMILES string of the molecule is O=C(NCC1CC1)[C@@H]1CCCN(C2CCN(C3Cc4ccccc4C3)CC2)C1. The van der Waals surface area contributed by atoms with Gasteiger partial charge in [-0.05, 0) is 88.0 Å². The molecule has 0 aromatic heterocycles. The van der Waals surface area contributed by atoms with E-state index in [4.69, 9.17) is 0 Å². The summed E-state index contributed by atoms with van der Waals surface area (Å²) >= 11 is 0. The van der Waals surface area contributed by atoms with Crippen molar-refractivity contribution in [1.29, 1.82) is 0 Å². The molecule has 28 heavy (non-hydrogen) atoms. The van der Waals surface area contributed by atoms with Crippen molar-refractivity contribution in [3.63, 3.8) is 0 Å². The number of hydrogen-bond acceptors (Lipinski definition) is 3. The lowest BCUT2D eigenvalue weighted by atomic mass is 9.92. The van der Waals surface area contributed by atoms with Gasteiger partial charge in [0.2, 0.25) is 5.91 Å². The second-order valence-corrected chi connectivity index (χ2v) is 9.62. The number of nitrogens with zero attached hydrogens (tertiary/aromatic N) is 2. The minimum absolute atomic E-state index is 0.217. The van der Waals surface area contributed by atoms with E-state index >= 15 is 0 Å². The molecule has 3 fully saturated rings. The molecule has 2 saturated heterocycles. The Labute approximate surface area is 169 Å². The van der Waals surface area contributed by atoms with Crippen LogP contribution in [0, 0.1) is 11.8 Å². The van der Waals surface area contributed by atoms with Gasteiger partial charge in [0.05, 0.1) is 5.92 Å². The average molecular weight is 382 g/mol. The number of benzene rings is 1. The van der Waals surface area contributed by atoms with Gasteiger partial charge in [0.15, 0.2) is 0 Å². The third kappa shape index (κ3) is 4.13.